The quantitative estimate of drug-likeness (QED) is 0.310. The van der Waals surface area contributed by atoms with Gasteiger partial charge in [0.2, 0.25) is 0 Å². The fourth-order valence-corrected chi connectivity index (χ4v) is 3.84. The highest BCUT2D eigenvalue weighted by Gasteiger charge is 2.31. The molecule has 0 atom stereocenters. The van der Waals surface area contributed by atoms with E-state index in [1.54, 1.807) is 42.6 Å². The molecule has 1 aromatic heterocycles. The standard InChI is InChI=1S/C20H17F3O4S2/c1-2-25-19(24)11-14-5-3-4-6-16(14)26-12-13-9-17(27-29-20(21,22)23)15-7-8-28-18(15)10-13/h3-10H,2,11-12H2,1H3. The molecule has 9 heteroatoms. The summed E-state index contributed by atoms with van der Waals surface area (Å²) >= 11 is 0.855. The van der Waals surface area contributed by atoms with E-state index in [0.717, 1.165) is 4.70 Å². The summed E-state index contributed by atoms with van der Waals surface area (Å²) in [6.07, 6.45) is 0.0740. The molecule has 0 spiro atoms. The Hall–Kier alpha value is -2.39. The van der Waals surface area contributed by atoms with Crippen molar-refractivity contribution in [3.8, 4) is 11.5 Å². The van der Waals surface area contributed by atoms with Crippen molar-refractivity contribution in [1.82, 2.24) is 0 Å². The van der Waals surface area contributed by atoms with Crippen molar-refractivity contribution in [3.63, 3.8) is 0 Å². The Kier molecular flexibility index (Phi) is 6.92. The number of ether oxygens (including phenoxy) is 2. The fraction of sp³-hybridized carbons (Fsp3) is 0.250. The summed E-state index contributed by atoms with van der Waals surface area (Å²) in [7, 11) is 0. The minimum atomic E-state index is -4.50. The van der Waals surface area contributed by atoms with E-state index in [9.17, 15) is 18.0 Å². The van der Waals surface area contributed by atoms with Crippen LogP contribution in [0.15, 0.2) is 47.8 Å². The second-order valence-electron chi connectivity index (χ2n) is 5.92. The number of thiophene rings is 1. The number of para-hydroxylation sites is 1. The van der Waals surface area contributed by atoms with Crippen LogP contribution in [0.2, 0.25) is 0 Å². The number of rotatable bonds is 8. The van der Waals surface area contributed by atoms with Gasteiger partial charge in [0.15, 0.2) is 12.0 Å². The van der Waals surface area contributed by atoms with Crippen molar-refractivity contribution in [3.05, 3.63) is 59.0 Å². The van der Waals surface area contributed by atoms with Gasteiger partial charge in [-0.3, -0.25) is 4.79 Å². The minimum Gasteiger partial charge on any atom is -0.489 e. The molecule has 4 nitrogen and oxygen atoms in total. The van der Waals surface area contributed by atoms with E-state index in [2.05, 4.69) is 0 Å². The molecule has 0 N–H and O–H groups in total. The van der Waals surface area contributed by atoms with Crippen LogP contribution in [0.25, 0.3) is 10.1 Å². The molecule has 0 amide bonds. The maximum atomic E-state index is 12.5. The highest BCUT2D eigenvalue weighted by molar-refractivity contribution is 7.95. The molecule has 3 rings (SSSR count). The van der Waals surface area contributed by atoms with Crippen LogP contribution in [0.4, 0.5) is 13.2 Å². The van der Waals surface area contributed by atoms with Crippen LogP contribution in [0.1, 0.15) is 18.1 Å². The number of alkyl halides is 3. The molecule has 0 bridgehead atoms. The van der Waals surface area contributed by atoms with E-state index in [0.29, 0.717) is 28.9 Å². The molecular weight excluding hydrogens is 425 g/mol. The van der Waals surface area contributed by atoms with Gasteiger partial charge in [0.25, 0.3) is 0 Å². The van der Waals surface area contributed by atoms with Crippen LogP contribution in [-0.4, -0.2) is 18.1 Å². The van der Waals surface area contributed by atoms with Gasteiger partial charge in [-0.25, -0.2) is 0 Å². The predicted octanol–water partition coefficient (Wildman–Crippen LogP) is 6.13. The average Bonchev–Trinajstić information content (AvgIpc) is 3.13. The molecule has 0 fully saturated rings. The second kappa shape index (κ2) is 9.41. The molecule has 0 radical (unpaired) electrons. The second-order valence-corrected chi connectivity index (χ2v) is 7.66. The van der Waals surface area contributed by atoms with Gasteiger partial charge in [0, 0.05) is 15.6 Å². The Morgan fingerprint density at radius 2 is 1.93 bits per heavy atom. The van der Waals surface area contributed by atoms with Gasteiger partial charge >= 0.3 is 11.5 Å². The molecule has 0 saturated carbocycles. The van der Waals surface area contributed by atoms with Gasteiger partial charge < -0.3 is 13.7 Å². The molecule has 0 aliphatic rings. The van der Waals surface area contributed by atoms with E-state index in [4.69, 9.17) is 13.7 Å². The Morgan fingerprint density at radius 1 is 1.14 bits per heavy atom. The van der Waals surface area contributed by atoms with Gasteiger partial charge in [0.1, 0.15) is 18.1 Å². The third-order valence-electron chi connectivity index (χ3n) is 3.83. The third-order valence-corrected chi connectivity index (χ3v) is 5.14. The van der Waals surface area contributed by atoms with Crippen molar-refractivity contribution in [1.29, 1.82) is 0 Å². The van der Waals surface area contributed by atoms with E-state index in [1.165, 1.54) is 17.4 Å². The lowest BCUT2D eigenvalue weighted by Crippen LogP contribution is -2.09. The first-order valence-electron chi connectivity index (χ1n) is 8.64. The van der Waals surface area contributed by atoms with Crippen LogP contribution in [-0.2, 0) is 22.6 Å². The summed E-state index contributed by atoms with van der Waals surface area (Å²) in [5, 5.41) is 2.40. The van der Waals surface area contributed by atoms with E-state index in [-0.39, 0.29) is 24.7 Å². The van der Waals surface area contributed by atoms with Crippen molar-refractivity contribution < 1.29 is 31.6 Å². The zero-order chi connectivity index (χ0) is 20.9. The minimum absolute atomic E-state index is 0.0740. The van der Waals surface area contributed by atoms with E-state index < -0.39 is 17.6 Å². The average molecular weight is 442 g/mol. The molecule has 2 aromatic carbocycles. The van der Waals surface area contributed by atoms with Crippen molar-refractivity contribution in [2.75, 3.05) is 6.61 Å². The number of fused-ring (bicyclic) bond motifs is 1. The lowest BCUT2D eigenvalue weighted by molar-refractivity contribution is -0.142. The van der Waals surface area contributed by atoms with Crippen LogP contribution in [0, 0.1) is 0 Å². The molecule has 0 saturated heterocycles. The number of benzene rings is 2. The Bertz CT molecular complexity index is 985. The van der Waals surface area contributed by atoms with Crippen LogP contribution in [0.3, 0.4) is 0 Å². The molecule has 0 aliphatic carbocycles. The summed E-state index contributed by atoms with van der Waals surface area (Å²) in [6, 6.07) is 12.2. The first-order chi connectivity index (χ1) is 13.9. The van der Waals surface area contributed by atoms with Crippen molar-refractivity contribution in [2.24, 2.45) is 0 Å². The molecule has 29 heavy (non-hydrogen) atoms. The summed E-state index contributed by atoms with van der Waals surface area (Å²) in [5.74, 6) is 0.284. The summed E-state index contributed by atoms with van der Waals surface area (Å²) in [5.41, 5.74) is -3.17. The zero-order valence-corrected chi connectivity index (χ0v) is 17.0. The highest BCUT2D eigenvalue weighted by atomic mass is 32.2. The summed E-state index contributed by atoms with van der Waals surface area (Å²) in [6.45, 7) is 2.14. The topological polar surface area (TPSA) is 44.8 Å². The predicted molar refractivity (Wildman–Crippen MR) is 107 cm³/mol. The number of carbonyl (C=O) groups excluding carboxylic acids is 1. The number of halogens is 3. The molecule has 0 unspecified atom stereocenters. The number of hydrogen-bond donors (Lipinski definition) is 0. The molecule has 154 valence electrons. The zero-order valence-electron chi connectivity index (χ0n) is 15.3. The largest absolute Gasteiger partial charge is 0.489 e. The molecule has 0 aliphatic heterocycles. The van der Waals surface area contributed by atoms with Gasteiger partial charge in [0.05, 0.1) is 13.0 Å². The normalized spacial score (nSPS) is 11.4. The van der Waals surface area contributed by atoms with Gasteiger partial charge in [-0.05, 0) is 42.1 Å². The Labute approximate surface area is 173 Å². The monoisotopic (exact) mass is 442 g/mol. The fourth-order valence-electron chi connectivity index (χ4n) is 2.66. The van der Waals surface area contributed by atoms with Crippen molar-refractivity contribution >= 4 is 39.4 Å². The Morgan fingerprint density at radius 3 is 2.69 bits per heavy atom. The number of carbonyl (C=O) groups is 1. The third kappa shape index (κ3) is 6.04. The van der Waals surface area contributed by atoms with Crippen molar-refractivity contribution in [2.45, 2.75) is 25.5 Å². The van der Waals surface area contributed by atoms with Gasteiger partial charge in [-0.1, -0.05) is 18.2 Å². The number of esters is 1. The SMILES string of the molecule is CCOC(=O)Cc1ccccc1OCc1cc(OSC(F)(F)F)c2ccsc2c1. The van der Waals surface area contributed by atoms with Gasteiger partial charge in [-0.2, -0.15) is 13.2 Å². The number of hydrogen-bond acceptors (Lipinski definition) is 6. The first kappa shape index (κ1) is 21.3. The maximum absolute atomic E-state index is 12.5. The van der Waals surface area contributed by atoms with E-state index in [1.807, 2.05) is 6.07 Å². The van der Waals surface area contributed by atoms with Crippen LogP contribution >= 0.6 is 23.4 Å². The van der Waals surface area contributed by atoms with E-state index >= 15 is 0 Å². The van der Waals surface area contributed by atoms with Gasteiger partial charge in [-0.15, -0.1) is 11.3 Å². The summed E-state index contributed by atoms with van der Waals surface area (Å²) < 4.78 is 54.1. The first-order valence-corrected chi connectivity index (χ1v) is 10.3. The molecule has 3 aromatic rings. The molecular formula is C20H17F3O4S2. The Balaban J connectivity index is 1.77. The lowest BCUT2D eigenvalue weighted by Gasteiger charge is -2.13. The molecule has 1 heterocycles. The van der Waals surface area contributed by atoms with Crippen LogP contribution in [0.5, 0.6) is 11.5 Å². The maximum Gasteiger partial charge on any atom is 0.479 e. The highest BCUT2D eigenvalue weighted by Crippen LogP contribution is 2.38. The lowest BCUT2D eigenvalue weighted by atomic mass is 10.1. The smallest absolute Gasteiger partial charge is 0.479 e. The summed E-state index contributed by atoms with van der Waals surface area (Å²) in [4.78, 5) is 11.8. The van der Waals surface area contributed by atoms with Crippen LogP contribution < -0.4 is 8.92 Å².